The minimum absolute atomic E-state index is 0.0632. The molecular weight excluding hydrogens is 230 g/mol. The summed E-state index contributed by atoms with van der Waals surface area (Å²) in [4.78, 5) is 4.48. The maximum atomic E-state index is 4.48. The average molecular weight is 249 g/mol. The smallest absolute Gasteiger partial charge is 0.148 e. The van der Waals surface area contributed by atoms with Gasteiger partial charge in [0.25, 0.3) is 0 Å². The average Bonchev–Trinajstić information content (AvgIpc) is 2.81. The van der Waals surface area contributed by atoms with Crippen LogP contribution < -0.4 is 0 Å². The van der Waals surface area contributed by atoms with E-state index in [2.05, 4.69) is 46.4 Å². The van der Waals surface area contributed by atoms with Crippen LogP contribution in [-0.4, -0.2) is 35.0 Å². The molecule has 0 N–H and O–H groups in total. The fraction of sp³-hybridized carbons (Fsp3) is 0.727. The van der Waals surface area contributed by atoms with E-state index < -0.39 is 0 Å². The zero-order valence-corrected chi connectivity index (χ0v) is 11.5. The number of nitrogens with zero attached hydrogens (tertiary/aromatic N) is 7. The number of hydrogen-bond acceptors (Lipinski definition) is 5. The Balaban J connectivity index is 2.17. The van der Waals surface area contributed by atoms with Gasteiger partial charge in [0.15, 0.2) is 0 Å². The molecule has 0 aliphatic heterocycles. The second-order valence-electron chi connectivity index (χ2n) is 5.36. The molecule has 2 aromatic rings. The molecule has 0 atom stereocenters. The summed E-state index contributed by atoms with van der Waals surface area (Å²) in [6.45, 7) is 10.9. The second-order valence-corrected chi connectivity index (χ2v) is 5.36. The molecule has 0 saturated carbocycles. The van der Waals surface area contributed by atoms with Crippen molar-refractivity contribution in [3.8, 4) is 0 Å². The van der Waals surface area contributed by atoms with Gasteiger partial charge in [-0.3, -0.25) is 0 Å². The van der Waals surface area contributed by atoms with Gasteiger partial charge in [-0.25, -0.2) is 14.3 Å². The van der Waals surface area contributed by atoms with Crippen molar-refractivity contribution in [2.75, 3.05) is 0 Å². The van der Waals surface area contributed by atoms with Crippen molar-refractivity contribution in [2.45, 2.75) is 53.1 Å². The maximum Gasteiger partial charge on any atom is 0.148 e. The fourth-order valence-corrected chi connectivity index (χ4v) is 1.82. The van der Waals surface area contributed by atoms with Gasteiger partial charge in [-0.1, -0.05) is 0 Å². The van der Waals surface area contributed by atoms with Gasteiger partial charge in [-0.15, -0.1) is 5.10 Å². The van der Waals surface area contributed by atoms with Crippen LogP contribution in [0.15, 0.2) is 0 Å². The van der Waals surface area contributed by atoms with Crippen LogP contribution in [0.1, 0.15) is 38.2 Å². The van der Waals surface area contributed by atoms with Crippen LogP contribution in [0, 0.1) is 13.8 Å². The first-order valence-electron chi connectivity index (χ1n) is 6.04. The van der Waals surface area contributed by atoms with Gasteiger partial charge in [0.05, 0.1) is 12.1 Å². The molecule has 0 aliphatic carbocycles. The first-order chi connectivity index (χ1) is 8.38. The lowest BCUT2D eigenvalue weighted by Gasteiger charge is -2.21. The van der Waals surface area contributed by atoms with Crippen molar-refractivity contribution in [1.29, 1.82) is 0 Å². The van der Waals surface area contributed by atoms with Crippen LogP contribution in [-0.2, 0) is 18.5 Å². The van der Waals surface area contributed by atoms with Gasteiger partial charge in [0.2, 0.25) is 0 Å². The van der Waals surface area contributed by atoms with Crippen molar-refractivity contribution in [2.24, 2.45) is 0 Å². The number of aryl methyl sites for hydroxylation is 4. The predicted molar refractivity (Wildman–Crippen MR) is 66.0 cm³/mol. The summed E-state index contributed by atoms with van der Waals surface area (Å²) in [5.74, 6) is 2.58. The van der Waals surface area contributed by atoms with Crippen LogP contribution in [0.3, 0.4) is 0 Å². The summed E-state index contributed by atoms with van der Waals surface area (Å²) in [5.41, 5.74) is -0.0632. The summed E-state index contributed by atoms with van der Waals surface area (Å²) in [6, 6.07) is 0. The SMILES string of the molecule is Cc1nc(CCn2nnnc2C)n(C(C)(C)C)n1. The molecule has 0 aromatic carbocycles. The summed E-state index contributed by atoms with van der Waals surface area (Å²) >= 11 is 0. The monoisotopic (exact) mass is 249 g/mol. The van der Waals surface area contributed by atoms with Gasteiger partial charge >= 0.3 is 0 Å². The fourth-order valence-electron chi connectivity index (χ4n) is 1.82. The zero-order valence-electron chi connectivity index (χ0n) is 11.5. The topological polar surface area (TPSA) is 74.3 Å². The Morgan fingerprint density at radius 3 is 2.44 bits per heavy atom. The van der Waals surface area contributed by atoms with Gasteiger partial charge in [0.1, 0.15) is 17.5 Å². The van der Waals surface area contributed by atoms with Crippen molar-refractivity contribution in [3.05, 3.63) is 17.5 Å². The number of tetrazole rings is 1. The molecule has 7 heteroatoms. The highest BCUT2D eigenvalue weighted by molar-refractivity contribution is 4.95. The molecule has 0 aliphatic rings. The van der Waals surface area contributed by atoms with E-state index in [0.29, 0.717) is 6.54 Å². The van der Waals surface area contributed by atoms with Crippen LogP contribution in [0.25, 0.3) is 0 Å². The van der Waals surface area contributed by atoms with E-state index in [1.165, 1.54) is 0 Å². The van der Waals surface area contributed by atoms with E-state index in [-0.39, 0.29) is 5.54 Å². The Bertz CT molecular complexity index is 532. The molecule has 0 bridgehead atoms. The Morgan fingerprint density at radius 1 is 1.17 bits per heavy atom. The molecule has 98 valence electrons. The molecule has 2 heterocycles. The van der Waals surface area contributed by atoms with E-state index in [1.54, 1.807) is 4.68 Å². The first-order valence-corrected chi connectivity index (χ1v) is 6.04. The normalized spacial score (nSPS) is 12.1. The quantitative estimate of drug-likeness (QED) is 0.807. The van der Waals surface area contributed by atoms with E-state index >= 15 is 0 Å². The van der Waals surface area contributed by atoms with Gasteiger partial charge < -0.3 is 0 Å². The highest BCUT2D eigenvalue weighted by Gasteiger charge is 2.19. The minimum atomic E-state index is -0.0632. The van der Waals surface area contributed by atoms with Gasteiger partial charge in [0, 0.05) is 6.42 Å². The van der Waals surface area contributed by atoms with Crippen molar-refractivity contribution in [1.82, 2.24) is 35.0 Å². The molecule has 0 saturated heterocycles. The molecule has 7 nitrogen and oxygen atoms in total. The Hall–Kier alpha value is -1.79. The third-order valence-corrected chi connectivity index (χ3v) is 2.67. The number of aromatic nitrogens is 7. The lowest BCUT2D eigenvalue weighted by atomic mass is 10.1. The molecular formula is C11H19N7. The number of hydrogen-bond donors (Lipinski definition) is 0. The molecule has 2 aromatic heterocycles. The van der Waals surface area contributed by atoms with Crippen LogP contribution in [0.2, 0.25) is 0 Å². The third-order valence-electron chi connectivity index (χ3n) is 2.67. The van der Waals surface area contributed by atoms with Crippen LogP contribution in [0.4, 0.5) is 0 Å². The lowest BCUT2D eigenvalue weighted by molar-refractivity contribution is 0.337. The molecule has 0 spiro atoms. The molecule has 18 heavy (non-hydrogen) atoms. The van der Waals surface area contributed by atoms with Crippen molar-refractivity contribution in [3.63, 3.8) is 0 Å². The summed E-state index contributed by atoms with van der Waals surface area (Å²) in [5, 5.41) is 15.9. The van der Waals surface area contributed by atoms with E-state index in [0.717, 1.165) is 23.9 Å². The largest absolute Gasteiger partial charge is 0.245 e. The second kappa shape index (κ2) is 4.47. The minimum Gasteiger partial charge on any atom is -0.245 e. The van der Waals surface area contributed by atoms with E-state index in [4.69, 9.17) is 0 Å². The number of rotatable bonds is 3. The highest BCUT2D eigenvalue weighted by Crippen LogP contribution is 2.15. The van der Waals surface area contributed by atoms with Gasteiger partial charge in [-0.05, 0) is 45.0 Å². The van der Waals surface area contributed by atoms with Crippen molar-refractivity contribution < 1.29 is 0 Å². The van der Waals surface area contributed by atoms with E-state index in [1.807, 2.05) is 18.5 Å². The zero-order chi connectivity index (χ0) is 13.3. The highest BCUT2D eigenvalue weighted by atomic mass is 15.5. The summed E-state index contributed by atoms with van der Waals surface area (Å²) in [7, 11) is 0. The maximum absolute atomic E-state index is 4.48. The molecule has 0 radical (unpaired) electrons. The Labute approximate surface area is 106 Å². The Kier molecular flexibility index (Phi) is 3.14. The van der Waals surface area contributed by atoms with E-state index in [9.17, 15) is 0 Å². The standard InChI is InChI=1S/C11H19N7/c1-8-12-10(18(14-8)11(3,4)5)6-7-17-9(2)13-15-16-17/h6-7H2,1-5H3. The molecule has 0 fully saturated rings. The lowest BCUT2D eigenvalue weighted by Crippen LogP contribution is -2.26. The molecule has 0 amide bonds. The molecule has 0 unspecified atom stereocenters. The van der Waals surface area contributed by atoms with Gasteiger partial charge in [-0.2, -0.15) is 5.10 Å². The molecule has 2 rings (SSSR count). The van der Waals surface area contributed by atoms with Crippen LogP contribution in [0.5, 0.6) is 0 Å². The first kappa shape index (κ1) is 12.7. The Morgan fingerprint density at radius 2 is 1.89 bits per heavy atom. The van der Waals surface area contributed by atoms with Crippen molar-refractivity contribution >= 4 is 0 Å². The van der Waals surface area contributed by atoms with Crippen LogP contribution >= 0.6 is 0 Å². The predicted octanol–water partition coefficient (Wildman–Crippen LogP) is 0.879. The summed E-state index contributed by atoms with van der Waals surface area (Å²) in [6.07, 6.45) is 0.768. The summed E-state index contributed by atoms with van der Waals surface area (Å²) < 4.78 is 3.75. The third kappa shape index (κ3) is 2.55.